The molecule has 0 atom stereocenters. The van der Waals surface area contributed by atoms with Crippen molar-refractivity contribution < 1.29 is 0 Å². The zero-order valence-corrected chi connectivity index (χ0v) is 8.82. The highest BCUT2D eigenvalue weighted by atomic mass is 32.1. The highest BCUT2D eigenvalue weighted by Gasteiger charge is 1.92. The van der Waals surface area contributed by atoms with E-state index in [0.29, 0.717) is 5.92 Å². The Labute approximate surface area is 78.9 Å². The van der Waals surface area contributed by atoms with Crippen LogP contribution in [0.2, 0.25) is 0 Å². The summed E-state index contributed by atoms with van der Waals surface area (Å²) in [7, 11) is 0. The molecule has 1 aromatic heterocycles. The molecule has 1 rings (SSSR count). The van der Waals surface area contributed by atoms with Crippen LogP contribution in [0.25, 0.3) is 0 Å². The number of aryl methyl sites for hydroxylation is 1. The molecular formula is C11H16S. The lowest BCUT2D eigenvalue weighted by molar-refractivity contribution is 0.827. The van der Waals surface area contributed by atoms with Crippen molar-refractivity contribution in [2.75, 3.05) is 0 Å². The molecule has 0 N–H and O–H groups in total. The summed E-state index contributed by atoms with van der Waals surface area (Å²) in [6.45, 7) is 6.56. The topological polar surface area (TPSA) is 0 Å². The number of thiophene rings is 1. The zero-order valence-electron chi connectivity index (χ0n) is 8.00. The molecule has 0 amide bonds. The lowest BCUT2D eigenvalue weighted by Crippen LogP contribution is -1.78. The van der Waals surface area contributed by atoms with Crippen LogP contribution in [0.3, 0.4) is 0 Å². The Hall–Kier alpha value is -0.560. The number of hydrogen-bond acceptors (Lipinski definition) is 1. The van der Waals surface area contributed by atoms with Crippen LogP contribution in [0.5, 0.6) is 0 Å². The van der Waals surface area contributed by atoms with E-state index >= 15 is 0 Å². The van der Waals surface area contributed by atoms with Gasteiger partial charge in [0.05, 0.1) is 0 Å². The van der Waals surface area contributed by atoms with Gasteiger partial charge in [-0.1, -0.05) is 26.0 Å². The van der Waals surface area contributed by atoms with Crippen molar-refractivity contribution in [2.45, 2.75) is 27.2 Å². The Morgan fingerprint density at radius 3 is 2.67 bits per heavy atom. The van der Waals surface area contributed by atoms with Crippen LogP contribution in [0, 0.1) is 12.8 Å². The summed E-state index contributed by atoms with van der Waals surface area (Å²) in [6, 6.07) is 4.40. The van der Waals surface area contributed by atoms with Crippen molar-refractivity contribution in [3.63, 3.8) is 0 Å². The second-order valence-corrected chi connectivity index (χ2v) is 4.76. The van der Waals surface area contributed by atoms with Crippen LogP contribution >= 0.6 is 11.3 Å². The fourth-order valence-corrected chi connectivity index (χ4v) is 1.92. The quantitative estimate of drug-likeness (QED) is 0.620. The summed E-state index contributed by atoms with van der Waals surface area (Å²) < 4.78 is 0. The van der Waals surface area contributed by atoms with Crippen molar-refractivity contribution in [3.8, 4) is 0 Å². The van der Waals surface area contributed by atoms with Crippen LogP contribution in [0.1, 0.15) is 23.6 Å². The standard InChI is InChI=1S/C11H16S/c1-9(2)5-4-6-11-8-7-10(3)12-11/h4-5,7-9H,6H2,1-3H3/b5-4+. The molecule has 66 valence electrons. The first kappa shape index (κ1) is 9.53. The van der Waals surface area contributed by atoms with Gasteiger partial charge >= 0.3 is 0 Å². The molecule has 0 saturated heterocycles. The third-order valence-electron chi connectivity index (χ3n) is 1.64. The Kier molecular flexibility index (Phi) is 3.54. The van der Waals surface area contributed by atoms with E-state index in [1.54, 1.807) is 0 Å². The molecule has 0 nitrogen and oxygen atoms in total. The summed E-state index contributed by atoms with van der Waals surface area (Å²) in [4.78, 5) is 2.87. The fourth-order valence-electron chi connectivity index (χ4n) is 1.05. The van der Waals surface area contributed by atoms with Crippen molar-refractivity contribution in [3.05, 3.63) is 34.0 Å². The maximum atomic E-state index is 2.26. The van der Waals surface area contributed by atoms with E-state index in [9.17, 15) is 0 Å². The van der Waals surface area contributed by atoms with Crippen LogP contribution < -0.4 is 0 Å². The molecule has 0 aliphatic rings. The van der Waals surface area contributed by atoms with Crippen molar-refractivity contribution in [1.82, 2.24) is 0 Å². The minimum absolute atomic E-state index is 0.672. The molecule has 0 aliphatic carbocycles. The van der Waals surface area contributed by atoms with Gasteiger partial charge in [0.15, 0.2) is 0 Å². The van der Waals surface area contributed by atoms with Gasteiger partial charge in [0.25, 0.3) is 0 Å². The lowest BCUT2D eigenvalue weighted by Gasteiger charge is -1.92. The fraction of sp³-hybridized carbons (Fsp3) is 0.455. The van der Waals surface area contributed by atoms with Gasteiger partial charge in [-0.15, -0.1) is 11.3 Å². The lowest BCUT2D eigenvalue weighted by atomic mass is 10.2. The van der Waals surface area contributed by atoms with Gasteiger partial charge in [0.1, 0.15) is 0 Å². The molecule has 1 heteroatoms. The monoisotopic (exact) mass is 180 g/mol. The molecule has 0 radical (unpaired) electrons. The number of allylic oxidation sites excluding steroid dienone is 2. The molecule has 0 bridgehead atoms. The third-order valence-corrected chi connectivity index (χ3v) is 2.66. The van der Waals surface area contributed by atoms with Crippen molar-refractivity contribution in [1.29, 1.82) is 0 Å². The molecule has 1 heterocycles. The largest absolute Gasteiger partial charge is 0.145 e. The van der Waals surface area contributed by atoms with E-state index in [1.165, 1.54) is 9.75 Å². The van der Waals surface area contributed by atoms with Crippen molar-refractivity contribution in [2.24, 2.45) is 5.92 Å². The first-order valence-corrected chi connectivity index (χ1v) is 5.22. The molecule has 0 unspecified atom stereocenters. The Morgan fingerprint density at radius 1 is 1.42 bits per heavy atom. The SMILES string of the molecule is Cc1ccc(C/C=C/C(C)C)s1. The predicted octanol–water partition coefficient (Wildman–Crippen LogP) is 3.81. The molecule has 12 heavy (non-hydrogen) atoms. The second-order valence-electron chi connectivity index (χ2n) is 3.39. The summed E-state index contributed by atoms with van der Waals surface area (Å²) in [6.07, 6.45) is 5.61. The van der Waals surface area contributed by atoms with Gasteiger partial charge in [-0.05, 0) is 31.4 Å². The van der Waals surface area contributed by atoms with Gasteiger partial charge in [0.2, 0.25) is 0 Å². The highest BCUT2D eigenvalue weighted by molar-refractivity contribution is 7.11. The minimum atomic E-state index is 0.672. The summed E-state index contributed by atoms with van der Waals surface area (Å²) >= 11 is 1.89. The van der Waals surface area contributed by atoms with Gasteiger partial charge in [-0.25, -0.2) is 0 Å². The van der Waals surface area contributed by atoms with Crippen LogP contribution in [-0.2, 0) is 6.42 Å². The van der Waals surface area contributed by atoms with E-state index in [2.05, 4.69) is 45.1 Å². The van der Waals surface area contributed by atoms with Gasteiger partial charge in [0, 0.05) is 9.75 Å². The summed E-state index contributed by atoms with van der Waals surface area (Å²) in [5.74, 6) is 0.672. The average molecular weight is 180 g/mol. The van der Waals surface area contributed by atoms with Crippen molar-refractivity contribution >= 4 is 11.3 Å². The second kappa shape index (κ2) is 4.46. The van der Waals surface area contributed by atoms with E-state index in [0.717, 1.165) is 6.42 Å². The van der Waals surface area contributed by atoms with Gasteiger partial charge in [-0.3, -0.25) is 0 Å². The Bertz CT molecular complexity index is 256. The average Bonchev–Trinajstić information content (AvgIpc) is 2.35. The summed E-state index contributed by atoms with van der Waals surface area (Å²) in [5.41, 5.74) is 0. The molecule has 0 fully saturated rings. The molecule has 0 aromatic carbocycles. The number of hydrogen-bond donors (Lipinski definition) is 0. The highest BCUT2D eigenvalue weighted by Crippen LogP contribution is 2.15. The van der Waals surface area contributed by atoms with Crippen LogP contribution in [-0.4, -0.2) is 0 Å². The van der Waals surface area contributed by atoms with Crippen LogP contribution in [0.4, 0.5) is 0 Å². The third kappa shape index (κ3) is 3.22. The molecule has 0 aliphatic heterocycles. The molecule has 0 saturated carbocycles. The predicted molar refractivity (Wildman–Crippen MR) is 56.7 cm³/mol. The molecule has 0 spiro atoms. The normalized spacial score (nSPS) is 11.7. The van der Waals surface area contributed by atoms with E-state index < -0.39 is 0 Å². The maximum absolute atomic E-state index is 2.26. The van der Waals surface area contributed by atoms with E-state index in [4.69, 9.17) is 0 Å². The summed E-state index contributed by atoms with van der Waals surface area (Å²) in [5, 5.41) is 0. The van der Waals surface area contributed by atoms with E-state index in [1.807, 2.05) is 11.3 Å². The smallest absolute Gasteiger partial charge is 0.00857 e. The minimum Gasteiger partial charge on any atom is -0.145 e. The van der Waals surface area contributed by atoms with E-state index in [-0.39, 0.29) is 0 Å². The first-order chi connectivity index (χ1) is 5.68. The molecular weight excluding hydrogens is 164 g/mol. The van der Waals surface area contributed by atoms with Gasteiger partial charge in [-0.2, -0.15) is 0 Å². The zero-order chi connectivity index (χ0) is 8.97. The Balaban J connectivity index is 2.43. The first-order valence-electron chi connectivity index (χ1n) is 4.40. The van der Waals surface area contributed by atoms with Gasteiger partial charge < -0.3 is 0 Å². The Morgan fingerprint density at radius 2 is 2.17 bits per heavy atom. The molecule has 1 aromatic rings. The van der Waals surface area contributed by atoms with Crippen LogP contribution in [0.15, 0.2) is 24.3 Å². The number of rotatable bonds is 3. The maximum Gasteiger partial charge on any atom is 0.00857 e.